The third-order valence-electron chi connectivity index (χ3n) is 5.90. The van der Waals surface area contributed by atoms with Gasteiger partial charge in [-0.25, -0.2) is 4.79 Å². The summed E-state index contributed by atoms with van der Waals surface area (Å²) in [7, 11) is 0. The fourth-order valence-electron chi connectivity index (χ4n) is 4.36. The van der Waals surface area contributed by atoms with Crippen molar-refractivity contribution in [3.63, 3.8) is 0 Å². The summed E-state index contributed by atoms with van der Waals surface area (Å²) in [6.45, 7) is 10.4. The standard InChI is InChI=1S/C28H32N2O3/c1-5-19-30-21(4)25(20(3)26(30)28(32)33-6-2)27(31)29-18-17-24(22-13-9-7-10-14-22)23-15-11-8-12-16-23/h5,7-16,24H,1,6,17-19H2,2-4H3,(H,29,31). The van der Waals surface area contributed by atoms with Gasteiger partial charge in [0.2, 0.25) is 0 Å². The van der Waals surface area contributed by atoms with Gasteiger partial charge >= 0.3 is 5.97 Å². The van der Waals surface area contributed by atoms with Crippen molar-refractivity contribution >= 4 is 11.9 Å². The van der Waals surface area contributed by atoms with Crippen molar-refractivity contribution in [2.45, 2.75) is 39.7 Å². The smallest absolute Gasteiger partial charge is 0.355 e. The summed E-state index contributed by atoms with van der Waals surface area (Å²) >= 11 is 0. The molecule has 0 saturated heterocycles. The molecule has 0 aliphatic heterocycles. The molecule has 0 aliphatic carbocycles. The molecule has 5 nitrogen and oxygen atoms in total. The molecule has 0 radical (unpaired) electrons. The molecule has 0 spiro atoms. The molecule has 1 aromatic heterocycles. The Morgan fingerprint density at radius 2 is 1.61 bits per heavy atom. The van der Waals surface area contributed by atoms with E-state index in [0.717, 1.165) is 12.1 Å². The predicted molar refractivity (Wildman–Crippen MR) is 132 cm³/mol. The maximum Gasteiger partial charge on any atom is 0.355 e. The lowest BCUT2D eigenvalue weighted by molar-refractivity contribution is 0.0513. The summed E-state index contributed by atoms with van der Waals surface area (Å²) < 4.78 is 7.03. The van der Waals surface area contributed by atoms with Gasteiger partial charge < -0.3 is 14.6 Å². The number of amides is 1. The minimum Gasteiger partial charge on any atom is -0.461 e. The summed E-state index contributed by atoms with van der Waals surface area (Å²) in [5.41, 5.74) is 4.73. The average Bonchev–Trinajstić information content (AvgIpc) is 3.07. The number of rotatable bonds is 10. The number of esters is 1. The van der Waals surface area contributed by atoms with Gasteiger partial charge in [-0.1, -0.05) is 66.7 Å². The summed E-state index contributed by atoms with van der Waals surface area (Å²) in [5, 5.41) is 3.07. The van der Waals surface area contributed by atoms with Crippen molar-refractivity contribution < 1.29 is 14.3 Å². The molecule has 0 saturated carbocycles. The fourth-order valence-corrected chi connectivity index (χ4v) is 4.36. The number of hydrogen-bond donors (Lipinski definition) is 1. The third kappa shape index (κ3) is 5.43. The van der Waals surface area contributed by atoms with Crippen molar-refractivity contribution in [1.82, 2.24) is 9.88 Å². The highest BCUT2D eigenvalue weighted by molar-refractivity contribution is 6.01. The van der Waals surface area contributed by atoms with Gasteiger partial charge in [-0.2, -0.15) is 0 Å². The van der Waals surface area contributed by atoms with Crippen LogP contribution in [0.25, 0.3) is 0 Å². The Morgan fingerprint density at radius 1 is 1.03 bits per heavy atom. The maximum atomic E-state index is 13.2. The molecule has 172 valence electrons. The summed E-state index contributed by atoms with van der Waals surface area (Å²) in [6, 6.07) is 20.6. The number of aromatic nitrogens is 1. The highest BCUT2D eigenvalue weighted by Gasteiger charge is 2.27. The molecule has 0 bridgehead atoms. The van der Waals surface area contributed by atoms with Gasteiger partial charge in [0.1, 0.15) is 5.69 Å². The van der Waals surface area contributed by atoms with Crippen LogP contribution in [0.15, 0.2) is 73.3 Å². The largest absolute Gasteiger partial charge is 0.461 e. The fraction of sp³-hybridized carbons (Fsp3) is 0.286. The quantitative estimate of drug-likeness (QED) is 0.336. The molecule has 0 atom stereocenters. The number of allylic oxidation sites excluding steroid dienone is 1. The molecule has 1 heterocycles. The SMILES string of the molecule is C=CCn1c(C)c(C(=O)NCCC(c2ccccc2)c2ccccc2)c(C)c1C(=O)OCC. The van der Waals surface area contributed by atoms with Gasteiger partial charge in [0, 0.05) is 24.7 Å². The number of benzene rings is 2. The second-order valence-corrected chi connectivity index (χ2v) is 7.97. The Bertz CT molecular complexity index is 1060. The molecule has 1 amide bonds. The minimum absolute atomic E-state index is 0.176. The Labute approximate surface area is 196 Å². The van der Waals surface area contributed by atoms with E-state index in [2.05, 4.69) is 36.2 Å². The maximum absolute atomic E-state index is 13.2. The molecular formula is C28H32N2O3. The Morgan fingerprint density at radius 3 is 2.12 bits per heavy atom. The molecule has 0 aliphatic rings. The molecule has 5 heteroatoms. The normalized spacial score (nSPS) is 10.8. The van der Waals surface area contributed by atoms with Gasteiger partial charge in [0.25, 0.3) is 5.91 Å². The van der Waals surface area contributed by atoms with E-state index >= 15 is 0 Å². The number of hydrogen-bond acceptors (Lipinski definition) is 3. The van der Waals surface area contributed by atoms with Crippen LogP contribution in [0.2, 0.25) is 0 Å². The van der Waals surface area contributed by atoms with Crippen molar-refractivity contribution in [2.75, 3.05) is 13.2 Å². The van der Waals surface area contributed by atoms with Gasteiger partial charge in [-0.3, -0.25) is 4.79 Å². The molecule has 1 N–H and O–H groups in total. The molecule has 3 rings (SSSR count). The monoisotopic (exact) mass is 444 g/mol. The van der Waals surface area contributed by atoms with Crippen LogP contribution < -0.4 is 5.32 Å². The Hall–Kier alpha value is -3.60. The average molecular weight is 445 g/mol. The van der Waals surface area contributed by atoms with Crippen LogP contribution in [0.3, 0.4) is 0 Å². The van der Waals surface area contributed by atoms with Crippen LogP contribution in [-0.4, -0.2) is 29.6 Å². The van der Waals surface area contributed by atoms with Gasteiger partial charge in [0.05, 0.1) is 12.2 Å². The van der Waals surface area contributed by atoms with Gasteiger partial charge in [0.15, 0.2) is 0 Å². The summed E-state index contributed by atoms with van der Waals surface area (Å²) in [5.74, 6) is -0.430. The Kier molecular flexibility index (Phi) is 8.25. The van der Waals surface area contributed by atoms with Gasteiger partial charge in [-0.05, 0) is 43.9 Å². The highest BCUT2D eigenvalue weighted by atomic mass is 16.5. The second kappa shape index (κ2) is 11.3. The lowest BCUT2D eigenvalue weighted by Gasteiger charge is -2.18. The Balaban J connectivity index is 1.80. The van der Waals surface area contributed by atoms with E-state index < -0.39 is 5.97 Å². The third-order valence-corrected chi connectivity index (χ3v) is 5.90. The van der Waals surface area contributed by atoms with E-state index in [0.29, 0.717) is 29.9 Å². The van der Waals surface area contributed by atoms with Crippen LogP contribution in [0.4, 0.5) is 0 Å². The van der Waals surface area contributed by atoms with Gasteiger partial charge in [-0.15, -0.1) is 6.58 Å². The molecule has 0 unspecified atom stereocenters. The van der Waals surface area contributed by atoms with Crippen LogP contribution in [-0.2, 0) is 11.3 Å². The van der Waals surface area contributed by atoms with E-state index in [1.54, 1.807) is 24.5 Å². The van der Waals surface area contributed by atoms with Crippen LogP contribution in [0.5, 0.6) is 0 Å². The topological polar surface area (TPSA) is 60.3 Å². The van der Waals surface area contributed by atoms with Crippen molar-refractivity contribution in [3.8, 4) is 0 Å². The zero-order chi connectivity index (χ0) is 23.8. The first-order valence-electron chi connectivity index (χ1n) is 11.3. The molecule has 2 aromatic carbocycles. The first-order valence-corrected chi connectivity index (χ1v) is 11.3. The lowest BCUT2D eigenvalue weighted by atomic mass is 9.88. The summed E-state index contributed by atoms with van der Waals surface area (Å²) in [6.07, 6.45) is 2.47. The number of carbonyl (C=O) groups excluding carboxylic acids is 2. The number of ether oxygens (including phenoxy) is 1. The van der Waals surface area contributed by atoms with Crippen LogP contribution >= 0.6 is 0 Å². The molecule has 3 aromatic rings. The van der Waals surface area contributed by atoms with E-state index in [9.17, 15) is 9.59 Å². The van der Waals surface area contributed by atoms with E-state index in [1.807, 2.05) is 43.3 Å². The van der Waals surface area contributed by atoms with Crippen LogP contribution in [0.1, 0.15) is 62.5 Å². The molecular weight excluding hydrogens is 412 g/mol. The van der Waals surface area contributed by atoms with Crippen LogP contribution in [0, 0.1) is 13.8 Å². The lowest BCUT2D eigenvalue weighted by Crippen LogP contribution is -2.27. The second-order valence-electron chi connectivity index (χ2n) is 7.97. The summed E-state index contributed by atoms with van der Waals surface area (Å²) in [4.78, 5) is 25.7. The van der Waals surface area contributed by atoms with E-state index in [1.165, 1.54) is 11.1 Å². The zero-order valence-electron chi connectivity index (χ0n) is 19.6. The predicted octanol–water partition coefficient (Wildman–Crippen LogP) is 5.42. The zero-order valence-corrected chi connectivity index (χ0v) is 19.6. The van der Waals surface area contributed by atoms with Crippen molar-refractivity contribution in [3.05, 3.63) is 107 Å². The number of nitrogens with one attached hydrogen (secondary N) is 1. The number of nitrogens with zero attached hydrogens (tertiary/aromatic N) is 1. The first kappa shape index (κ1) is 24.1. The van der Waals surface area contributed by atoms with E-state index in [4.69, 9.17) is 4.74 Å². The van der Waals surface area contributed by atoms with Crippen molar-refractivity contribution in [1.29, 1.82) is 0 Å². The minimum atomic E-state index is -0.424. The molecule has 0 fully saturated rings. The molecule has 33 heavy (non-hydrogen) atoms. The van der Waals surface area contributed by atoms with E-state index in [-0.39, 0.29) is 18.4 Å². The number of carbonyl (C=O) groups is 2. The highest BCUT2D eigenvalue weighted by Crippen LogP contribution is 2.28. The first-order chi connectivity index (χ1) is 16.0. The van der Waals surface area contributed by atoms with Crippen molar-refractivity contribution in [2.24, 2.45) is 0 Å².